The number of benzene rings is 3. The van der Waals surface area contributed by atoms with Crippen LogP contribution in [-0.2, 0) is 18.0 Å². The van der Waals surface area contributed by atoms with Gasteiger partial charge < -0.3 is 15.2 Å². The van der Waals surface area contributed by atoms with E-state index in [2.05, 4.69) is 0 Å². The number of hydrogen-bond donors (Lipinski definition) is 1. The molecule has 142 valence electrons. The third kappa shape index (κ3) is 5.63. The first-order chi connectivity index (χ1) is 13.6. The number of nitrogens with two attached hydrogens (primary N) is 1. The van der Waals surface area contributed by atoms with E-state index in [0.29, 0.717) is 35.3 Å². The van der Waals surface area contributed by atoms with E-state index >= 15 is 0 Å². The summed E-state index contributed by atoms with van der Waals surface area (Å²) in [7, 11) is 0. The predicted octanol–water partition coefficient (Wildman–Crippen LogP) is 5.00. The minimum Gasteiger partial charge on any atom is -0.488 e. The summed E-state index contributed by atoms with van der Waals surface area (Å²) in [5, 5.41) is 0.423. The van der Waals surface area contributed by atoms with Gasteiger partial charge in [0, 0.05) is 17.7 Å². The Balaban J connectivity index is 1.83. The lowest BCUT2D eigenvalue weighted by Gasteiger charge is -2.14. The molecule has 4 nitrogen and oxygen atoms in total. The quantitative estimate of drug-likeness (QED) is 0.548. The highest BCUT2D eigenvalue weighted by Crippen LogP contribution is 2.34. The van der Waals surface area contributed by atoms with Crippen LogP contribution >= 0.6 is 11.6 Å². The van der Waals surface area contributed by atoms with Crippen LogP contribution in [0.25, 0.3) is 6.08 Å². The van der Waals surface area contributed by atoms with Crippen LogP contribution in [0.15, 0.2) is 78.9 Å². The molecule has 0 heterocycles. The van der Waals surface area contributed by atoms with Crippen LogP contribution in [0, 0.1) is 0 Å². The summed E-state index contributed by atoms with van der Waals surface area (Å²) in [5.74, 6) is 0.508. The van der Waals surface area contributed by atoms with E-state index in [1.807, 2.05) is 60.7 Å². The second-order valence-corrected chi connectivity index (χ2v) is 6.51. The molecule has 0 unspecified atom stereocenters. The molecule has 3 rings (SSSR count). The molecule has 0 atom stereocenters. The van der Waals surface area contributed by atoms with Crippen molar-refractivity contribution in [3.63, 3.8) is 0 Å². The number of rotatable bonds is 8. The van der Waals surface area contributed by atoms with E-state index in [1.54, 1.807) is 18.2 Å². The molecule has 0 aliphatic carbocycles. The topological polar surface area (TPSA) is 61.6 Å². The standard InChI is InChI=1S/C23H20ClNO3/c24-20-13-19(11-12-23(25)26)21(27-15-17-7-3-1-4-8-17)14-22(20)28-16-18-9-5-2-6-10-18/h1-14H,15-16H2,(H2,25,26). The van der Waals surface area contributed by atoms with Gasteiger partial charge in [-0.15, -0.1) is 0 Å². The summed E-state index contributed by atoms with van der Waals surface area (Å²) in [6, 6.07) is 23.0. The number of ether oxygens (including phenoxy) is 2. The minimum absolute atomic E-state index is 0.373. The molecular weight excluding hydrogens is 374 g/mol. The van der Waals surface area contributed by atoms with Crippen LogP contribution in [0.3, 0.4) is 0 Å². The molecule has 0 saturated heterocycles. The van der Waals surface area contributed by atoms with Gasteiger partial charge in [-0.1, -0.05) is 72.3 Å². The van der Waals surface area contributed by atoms with Crippen molar-refractivity contribution < 1.29 is 14.3 Å². The molecule has 3 aromatic rings. The van der Waals surface area contributed by atoms with Gasteiger partial charge in [0.05, 0.1) is 5.02 Å². The van der Waals surface area contributed by atoms with Crippen LogP contribution in [0.5, 0.6) is 11.5 Å². The van der Waals surface area contributed by atoms with Gasteiger partial charge in [0.2, 0.25) is 5.91 Å². The van der Waals surface area contributed by atoms with Crippen molar-refractivity contribution in [2.75, 3.05) is 0 Å². The van der Waals surface area contributed by atoms with E-state index in [-0.39, 0.29) is 0 Å². The van der Waals surface area contributed by atoms with Gasteiger partial charge in [-0.2, -0.15) is 0 Å². The highest BCUT2D eigenvalue weighted by molar-refractivity contribution is 6.32. The van der Waals surface area contributed by atoms with Gasteiger partial charge in [-0.05, 0) is 23.3 Å². The Kier molecular flexibility index (Phi) is 6.71. The lowest BCUT2D eigenvalue weighted by atomic mass is 10.1. The largest absolute Gasteiger partial charge is 0.488 e. The highest BCUT2D eigenvalue weighted by atomic mass is 35.5. The first kappa shape index (κ1) is 19.5. The van der Waals surface area contributed by atoms with E-state index in [4.69, 9.17) is 26.8 Å². The molecular formula is C23H20ClNO3. The van der Waals surface area contributed by atoms with Crippen LogP contribution in [0.2, 0.25) is 5.02 Å². The van der Waals surface area contributed by atoms with E-state index in [9.17, 15) is 4.79 Å². The summed E-state index contributed by atoms with van der Waals surface area (Å²) < 4.78 is 11.8. The lowest BCUT2D eigenvalue weighted by Crippen LogP contribution is -2.05. The monoisotopic (exact) mass is 393 g/mol. The summed E-state index contributed by atoms with van der Waals surface area (Å²) >= 11 is 6.37. The average molecular weight is 394 g/mol. The summed E-state index contributed by atoms with van der Waals surface area (Å²) in [5.41, 5.74) is 7.91. The maximum atomic E-state index is 11.1. The molecule has 0 aliphatic heterocycles. The third-order valence-corrected chi connectivity index (χ3v) is 4.26. The Labute approximate surface area is 169 Å². The number of halogens is 1. The summed E-state index contributed by atoms with van der Waals surface area (Å²) in [6.45, 7) is 0.757. The Morgan fingerprint density at radius 3 is 1.93 bits per heavy atom. The van der Waals surface area contributed by atoms with Gasteiger partial charge in [-0.25, -0.2) is 0 Å². The highest BCUT2D eigenvalue weighted by Gasteiger charge is 2.11. The lowest BCUT2D eigenvalue weighted by molar-refractivity contribution is -0.113. The van der Waals surface area contributed by atoms with Crippen molar-refractivity contribution in [2.24, 2.45) is 5.73 Å². The zero-order valence-electron chi connectivity index (χ0n) is 15.2. The fourth-order valence-corrected chi connectivity index (χ4v) is 2.79. The van der Waals surface area contributed by atoms with Crippen molar-refractivity contribution in [2.45, 2.75) is 13.2 Å². The maximum absolute atomic E-state index is 11.1. The molecule has 0 radical (unpaired) electrons. The second kappa shape index (κ2) is 9.62. The zero-order valence-corrected chi connectivity index (χ0v) is 15.9. The minimum atomic E-state index is -0.547. The summed E-state index contributed by atoms with van der Waals surface area (Å²) in [6.07, 6.45) is 2.85. The molecule has 0 aliphatic rings. The van der Waals surface area contributed by atoms with Crippen molar-refractivity contribution in [3.05, 3.63) is 101 Å². The van der Waals surface area contributed by atoms with Gasteiger partial charge in [0.15, 0.2) is 0 Å². The molecule has 3 aromatic carbocycles. The third-order valence-electron chi connectivity index (χ3n) is 3.97. The van der Waals surface area contributed by atoms with E-state index < -0.39 is 5.91 Å². The van der Waals surface area contributed by atoms with Crippen molar-refractivity contribution in [1.29, 1.82) is 0 Å². The first-order valence-electron chi connectivity index (χ1n) is 8.76. The molecule has 5 heteroatoms. The Bertz CT molecular complexity index is 956. The molecule has 0 spiro atoms. The predicted molar refractivity (Wildman–Crippen MR) is 111 cm³/mol. The second-order valence-electron chi connectivity index (χ2n) is 6.10. The van der Waals surface area contributed by atoms with Crippen molar-refractivity contribution in [3.8, 4) is 11.5 Å². The van der Waals surface area contributed by atoms with Gasteiger partial charge in [-0.3, -0.25) is 4.79 Å². The maximum Gasteiger partial charge on any atom is 0.241 e. The van der Waals surface area contributed by atoms with Crippen LogP contribution in [0.4, 0.5) is 0 Å². The fourth-order valence-electron chi connectivity index (χ4n) is 2.56. The normalized spacial score (nSPS) is 10.8. The zero-order chi connectivity index (χ0) is 19.8. The Morgan fingerprint density at radius 2 is 1.39 bits per heavy atom. The molecule has 0 aromatic heterocycles. The van der Waals surface area contributed by atoms with Gasteiger partial charge in [0.25, 0.3) is 0 Å². The molecule has 0 saturated carbocycles. The number of carbonyl (C=O) groups is 1. The van der Waals surface area contributed by atoms with Crippen LogP contribution < -0.4 is 15.2 Å². The Hall–Kier alpha value is -3.24. The Morgan fingerprint density at radius 1 is 0.857 bits per heavy atom. The fraction of sp³-hybridized carbons (Fsp3) is 0.0870. The molecule has 0 bridgehead atoms. The smallest absolute Gasteiger partial charge is 0.241 e. The van der Waals surface area contributed by atoms with Crippen LogP contribution in [-0.4, -0.2) is 5.91 Å². The van der Waals surface area contributed by atoms with Crippen LogP contribution in [0.1, 0.15) is 16.7 Å². The first-order valence-corrected chi connectivity index (χ1v) is 9.14. The van der Waals surface area contributed by atoms with E-state index in [1.165, 1.54) is 6.08 Å². The molecule has 1 amide bonds. The molecule has 2 N–H and O–H groups in total. The molecule has 0 fully saturated rings. The van der Waals surface area contributed by atoms with Crippen molar-refractivity contribution >= 4 is 23.6 Å². The van der Waals surface area contributed by atoms with E-state index in [0.717, 1.165) is 11.1 Å². The van der Waals surface area contributed by atoms with Gasteiger partial charge >= 0.3 is 0 Å². The molecule has 28 heavy (non-hydrogen) atoms. The number of carbonyl (C=O) groups excluding carboxylic acids is 1. The van der Waals surface area contributed by atoms with Gasteiger partial charge in [0.1, 0.15) is 24.7 Å². The average Bonchev–Trinajstić information content (AvgIpc) is 2.72. The SMILES string of the molecule is NC(=O)C=Cc1cc(Cl)c(OCc2ccccc2)cc1OCc1ccccc1. The number of primary amides is 1. The summed E-state index contributed by atoms with van der Waals surface area (Å²) in [4.78, 5) is 11.1. The van der Waals surface area contributed by atoms with Crippen molar-refractivity contribution in [1.82, 2.24) is 0 Å². The number of hydrogen-bond acceptors (Lipinski definition) is 3. The number of amides is 1.